The summed E-state index contributed by atoms with van der Waals surface area (Å²) in [5.41, 5.74) is 0. The van der Waals surface area contributed by atoms with Crippen molar-refractivity contribution in [1.29, 1.82) is 0 Å². The summed E-state index contributed by atoms with van der Waals surface area (Å²) in [4.78, 5) is 0. The average Bonchev–Trinajstić information content (AvgIpc) is 3.19. The van der Waals surface area contributed by atoms with Gasteiger partial charge in [0.2, 0.25) is 0 Å². The number of halogens is 6. The van der Waals surface area contributed by atoms with Crippen molar-refractivity contribution < 1.29 is 18.1 Å². The molecule has 0 aromatic heterocycles. The van der Waals surface area contributed by atoms with E-state index < -0.39 is 76.5 Å². The van der Waals surface area contributed by atoms with Gasteiger partial charge in [0.05, 0.1) is 0 Å². The van der Waals surface area contributed by atoms with E-state index in [9.17, 15) is 4.57 Å². The van der Waals surface area contributed by atoms with E-state index in [4.69, 9.17) is 48.4 Å². The van der Waals surface area contributed by atoms with Gasteiger partial charge in [0.1, 0.15) is 0 Å². The molecule has 4 nitrogen and oxygen atoms in total. The summed E-state index contributed by atoms with van der Waals surface area (Å²) in [5, 5.41) is 1.72. The SMILES string of the molecule is O=P(OC1=C(Cl)[CH](Br)[In][CH2]1)(OC1=C(Cl)[CH](Br)[In][CH2]1)OC1=C(Cl)[CH](Br)[In][CH2]1. The normalized spacial score (nSPS) is 30.8. The van der Waals surface area contributed by atoms with Crippen LogP contribution in [-0.4, -0.2) is 76.5 Å². The molecular weight excluding hydrogens is 930 g/mol. The Morgan fingerprint density at radius 3 is 1.19 bits per heavy atom. The number of hydrogen-bond acceptors (Lipinski definition) is 4. The first-order valence-corrected chi connectivity index (χ1v) is 25.5. The molecule has 0 spiro atoms. The fraction of sp³-hybridized carbons (Fsp3) is 0.500. The zero-order chi connectivity index (χ0) is 19.1. The summed E-state index contributed by atoms with van der Waals surface area (Å²) in [5.74, 6) is 1.53. The second-order valence-corrected chi connectivity index (χ2v) is 32.8. The molecule has 3 rings (SSSR count). The molecule has 3 unspecified atom stereocenters. The minimum atomic E-state index is -3.96. The third-order valence-corrected chi connectivity index (χ3v) is 29.5. The average molecular weight is 939 g/mol. The van der Waals surface area contributed by atoms with Crippen LogP contribution in [0, 0.1) is 0 Å². The molecule has 0 aromatic carbocycles. The molecule has 137 valence electrons. The summed E-state index contributed by atoms with van der Waals surface area (Å²) in [6.07, 6.45) is 0. The first-order valence-electron chi connectivity index (χ1n) is 7.47. The third-order valence-electron chi connectivity index (χ3n) is 3.72. The van der Waals surface area contributed by atoms with Crippen molar-refractivity contribution in [2.75, 3.05) is 0 Å². The van der Waals surface area contributed by atoms with Crippen molar-refractivity contribution in [3.63, 3.8) is 0 Å². The van der Waals surface area contributed by atoms with Gasteiger partial charge in [-0.2, -0.15) is 0 Å². The van der Waals surface area contributed by atoms with Gasteiger partial charge < -0.3 is 0 Å². The third kappa shape index (κ3) is 5.96. The zero-order valence-electron chi connectivity index (χ0n) is 12.9. The predicted octanol–water partition coefficient (Wildman–Crippen LogP) is 6.07. The van der Waals surface area contributed by atoms with Gasteiger partial charge in [0, 0.05) is 0 Å². The van der Waals surface area contributed by atoms with Crippen molar-refractivity contribution in [3.8, 4) is 0 Å². The molecule has 0 saturated carbocycles. The van der Waals surface area contributed by atoms with Gasteiger partial charge in [0.25, 0.3) is 0 Å². The Bertz CT molecular complexity index is 655. The number of phosphoric acid groups is 1. The van der Waals surface area contributed by atoms with Crippen LogP contribution in [0.2, 0.25) is 12.5 Å². The molecule has 0 saturated heterocycles. The van der Waals surface area contributed by atoms with Gasteiger partial charge in [-0.1, -0.05) is 0 Å². The molecule has 14 heteroatoms. The molecule has 0 amide bonds. The van der Waals surface area contributed by atoms with E-state index in [1.54, 1.807) is 0 Å². The second-order valence-electron chi connectivity index (χ2n) is 5.56. The van der Waals surface area contributed by atoms with Crippen LogP contribution in [0.15, 0.2) is 32.4 Å². The standard InChI is InChI=1S/C12H9Br3Cl3O4P.3In/c1-7(10(16)4-13)20-23(19,21-8(2)11(17)5-14)22-9(3)12(18)6-15;;;/h4-6H,1-3H2;;;. The Balaban J connectivity index is 1.87. The minimum absolute atomic E-state index is 0.176. The first-order chi connectivity index (χ1) is 12.2. The van der Waals surface area contributed by atoms with Gasteiger partial charge in [-0.05, 0) is 0 Å². The molecular formula is C12H9Br3Cl3In3O4P. The van der Waals surface area contributed by atoms with Gasteiger partial charge in [-0.3, -0.25) is 0 Å². The Hall–Kier alpha value is 3.77. The summed E-state index contributed by atoms with van der Waals surface area (Å²) in [6.45, 7) is 0. The second kappa shape index (κ2) is 10.6. The van der Waals surface area contributed by atoms with Crippen molar-refractivity contribution in [1.82, 2.24) is 0 Å². The first kappa shape index (κ1) is 24.4. The Morgan fingerprint density at radius 2 is 1.00 bits per heavy atom. The number of allylic oxidation sites excluding steroid dienone is 6. The fourth-order valence-corrected chi connectivity index (χ4v) is 22.5. The molecule has 3 aliphatic heterocycles. The van der Waals surface area contributed by atoms with Gasteiger partial charge in [0.15, 0.2) is 0 Å². The molecule has 0 bridgehead atoms. The molecule has 0 aromatic rings. The van der Waals surface area contributed by atoms with Crippen molar-refractivity contribution in [2.24, 2.45) is 0 Å². The van der Waals surface area contributed by atoms with Crippen molar-refractivity contribution >= 4 is 159 Å². The van der Waals surface area contributed by atoms with Crippen LogP contribution in [0.4, 0.5) is 0 Å². The predicted molar refractivity (Wildman–Crippen MR) is 119 cm³/mol. The van der Waals surface area contributed by atoms with E-state index in [2.05, 4.69) is 47.8 Å². The van der Waals surface area contributed by atoms with Crippen LogP contribution in [0.5, 0.6) is 0 Å². The van der Waals surface area contributed by atoms with E-state index in [0.29, 0.717) is 32.4 Å². The summed E-state index contributed by atoms with van der Waals surface area (Å²) >= 11 is 26.7. The van der Waals surface area contributed by atoms with Crippen LogP contribution in [0.3, 0.4) is 0 Å². The van der Waals surface area contributed by atoms with Crippen LogP contribution < -0.4 is 0 Å². The maximum absolute atomic E-state index is 13.5. The zero-order valence-corrected chi connectivity index (χ0v) is 30.7. The van der Waals surface area contributed by atoms with E-state index in [1.165, 1.54) is 0 Å². The maximum atomic E-state index is 13.5. The number of hydrogen-bond donors (Lipinski definition) is 0. The van der Waals surface area contributed by atoms with Crippen LogP contribution in [0.25, 0.3) is 0 Å². The summed E-state index contributed by atoms with van der Waals surface area (Å²) in [6, 6.07) is 0. The van der Waals surface area contributed by atoms with Crippen molar-refractivity contribution in [3.05, 3.63) is 32.4 Å². The topological polar surface area (TPSA) is 44.8 Å². The number of phosphoric ester groups is 1. The molecule has 0 aliphatic carbocycles. The Morgan fingerprint density at radius 1 is 0.731 bits per heavy atom. The monoisotopic (exact) mass is 934 g/mol. The van der Waals surface area contributed by atoms with Crippen LogP contribution >= 0.6 is 90.4 Å². The Labute approximate surface area is 226 Å². The molecule has 0 fully saturated rings. The van der Waals surface area contributed by atoms with Gasteiger partial charge >= 0.3 is 230 Å². The fourth-order valence-electron chi connectivity index (χ4n) is 2.40. The van der Waals surface area contributed by atoms with E-state index >= 15 is 0 Å². The van der Waals surface area contributed by atoms with Crippen LogP contribution in [0.1, 0.15) is 0 Å². The van der Waals surface area contributed by atoms with Gasteiger partial charge in [-0.25, -0.2) is 0 Å². The quantitative estimate of drug-likeness (QED) is 0.240. The number of rotatable bonds is 6. The Kier molecular flexibility index (Phi) is 9.94. The van der Waals surface area contributed by atoms with E-state index in [-0.39, 0.29) is 7.75 Å². The van der Waals surface area contributed by atoms with E-state index in [0.717, 1.165) is 12.5 Å². The molecule has 3 aliphatic rings. The number of alkyl halides is 3. The summed E-state index contributed by atoms with van der Waals surface area (Å²) in [7, 11) is -3.96. The molecule has 3 atom stereocenters. The molecule has 26 heavy (non-hydrogen) atoms. The molecule has 3 radical (unpaired) electrons. The van der Waals surface area contributed by atoms with Crippen LogP contribution in [-0.2, 0) is 18.1 Å². The van der Waals surface area contributed by atoms with Gasteiger partial charge in [-0.15, -0.1) is 0 Å². The molecule has 3 heterocycles. The summed E-state index contributed by atoms with van der Waals surface area (Å²) < 4.78 is 33.6. The molecule has 0 N–H and O–H groups in total. The van der Waals surface area contributed by atoms with Crippen molar-refractivity contribution in [2.45, 2.75) is 20.3 Å². The van der Waals surface area contributed by atoms with E-state index in [1.807, 2.05) is 0 Å².